The van der Waals surface area contributed by atoms with Crippen LogP contribution in [0.5, 0.6) is 0 Å². The molecular formula is C35H37F2N3O4S. The number of hydrogen-bond donors (Lipinski definition) is 1. The lowest BCUT2D eigenvalue weighted by Gasteiger charge is -2.35. The normalized spacial score (nSPS) is 12.3. The van der Waals surface area contributed by atoms with E-state index in [0.717, 1.165) is 21.5 Å². The number of anilines is 1. The summed E-state index contributed by atoms with van der Waals surface area (Å²) in [6.07, 6.45) is 0.111. The third-order valence-electron chi connectivity index (χ3n) is 7.04. The monoisotopic (exact) mass is 633 g/mol. The minimum absolute atomic E-state index is 0.111. The number of carbonyl (C=O) groups excluding carboxylic acids is 2. The van der Waals surface area contributed by atoms with E-state index in [2.05, 4.69) is 5.32 Å². The lowest BCUT2D eigenvalue weighted by molar-refractivity contribution is -0.140. The van der Waals surface area contributed by atoms with Crippen LogP contribution in [0.15, 0.2) is 108 Å². The van der Waals surface area contributed by atoms with Gasteiger partial charge in [0.05, 0.1) is 10.6 Å². The van der Waals surface area contributed by atoms with Gasteiger partial charge in [0.25, 0.3) is 10.0 Å². The molecular weight excluding hydrogens is 596 g/mol. The van der Waals surface area contributed by atoms with E-state index in [-0.39, 0.29) is 23.5 Å². The van der Waals surface area contributed by atoms with Crippen LogP contribution < -0.4 is 9.62 Å². The highest BCUT2D eigenvalue weighted by atomic mass is 32.2. The third kappa shape index (κ3) is 8.76. The zero-order chi connectivity index (χ0) is 32.8. The van der Waals surface area contributed by atoms with Crippen molar-refractivity contribution in [2.75, 3.05) is 10.8 Å². The number of aryl methyl sites for hydroxylation is 1. The molecule has 0 bridgehead atoms. The highest BCUT2D eigenvalue weighted by Gasteiger charge is 2.36. The molecule has 0 radical (unpaired) electrons. The van der Waals surface area contributed by atoms with Crippen molar-refractivity contribution in [1.29, 1.82) is 0 Å². The number of benzene rings is 4. The molecule has 0 aliphatic carbocycles. The molecule has 0 aromatic heterocycles. The minimum Gasteiger partial charge on any atom is -0.350 e. The zero-order valence-corrected chi connectivity index (χ0v) is 26.5. The van der Waals surface area contributed by atoms with Crippen LogP contribution in [-0.2, 0) is 32.6 Å². The van der Waals surface area contributed by atoms with E-state index in [1.807, 2.05) is 51.1 Å². The summed E-state index contributed by atoms with van der Waals surface area (Å²) < 4.78 is 57.8. The molecule has 0 heterocycles. The van der Waals surface area contributed by atoms with Crippen LogP contribution in [0, 0.1) is 18.6 Å². The van der Waals surface area contributed by atoms with E-state index in [4.69, 9.17) is 0 Å². The van der Waals surface area contributed by atoms with Crippen molar-refractivity contribution in [3.05, 3.63) is 131 Å². The average molecular weight is 634 g/mol. The molecule has 1 atom stereocenters. The maximum absolute atomic E-state index is 15.2. The molecule has 45 heavy (non-hydrogen) atoms. The summed E-state index contributed by atoms with van der Waals surface area (Å²) in [5.74, 6) is -2.51. The van der Waals surface area contributed by atoms with E-state index >= 15 is 4.39 Å². The topological polar surface area (TPSA) is 86.8 Å². The molecule has 4 rings (SSSR count). The second kappa shape index (κ2) is 14.0. The van der Waals surface area contributed by atoms with Gasteiger partial charge in [-0.1, -0.05) is 72.3 Å². The van der Waals surface area contributed by atoms with E-state index in [1.54, 1.807) is 19.1 Å². The first kappa shape index (κ1) is 33.3. The van der Waals surface area contributed by atoms with Gasteiger partial charge in [-0.2, -0.15) is 0 Å². The summed E-state index contributed by atoms with van der Waals surface area (Å²) in [6, 6.07) is 24.8. The Morgan fingerprint density at radius 3 is 2.00 bits per heavy atom. The van der Waals surface area contributed by atoms with Crippen LogP contribution in [0.4, 0.5) is 14.5 Å². The molecule has 0 unspecified atom stereocenters. The van der Waals surface area contributed by atoms with Crippen molar-refractivity contribution in [2.24, 2.45) is 0 Å². The molecule has 0 aliphatic heterocycles. The number of para-hydroxylation sites is 1. The fourth-order valence-electron chi connectivity index (χ4n) is 4.80. The van der Waals surface area contributed by atoms with E-state index in [1.165, 1.54) is 59.5 Å². The zero-order valence-electron chi connectivity index (χ0n) is 25.7. The number of rotatable bonds is 11. The van der Waals surface area contributed by atoms with Gasteiger partial charge in [-0.25, -0.2) is 17.2 Å². The standard InChI is InChI=1S/C35H37F2N3O4S/c1-25-14-20-29(21-15-25)45(43,44)40(31-13-9-8-12-30(31)37)24-33(41)39(23-27-16-18-28(36)19-17-27)32(34(42)38-35(2,3)4)22-26-10-6-5-7-11-26/h5-21,32H,22-24H2,1-4H3,(H,38,42)/t32-/m0/s1. The predicted octanol–water partition coefficient (Wildman–Crippen LogP) is 6.02. The second-order valence-corrected chi connectivity index (χ2v) is 13.7. The summed E-state index contributed by atoms with van der Waals surface area (Å²) in [5.41, 5.74) is 1.14. The molecule has 2 amide bonds. The van der Waals surface area contributed by atoms with Crippen molar-refractivity contribution < 1.29 is 26.8 Å². The number of amides is 2. The maximum atomic E-state index is 15.2. The summed E-state index contributed by atoms with van der Waals surface area (Å²) in [4.78, 5) is 29.4. The van der Waals surface area contributed by atoms with Crippen LogP contribution in [-0.4, -0.2) is 43.3 Å². The van der Waals surface area contributed by atoms with Gasteiger partial charge in [-0.15, -0.1) is 0 Å². The first-order chi connectivity index (χ1) is 21.2. The first-order valence-corrected chi connectivity index (χ1v) is 15.9. The smallest absolute Gasteiger partial charge is 0.264 e. The Morgan fingerprint density at radius 1 is 0.800 bits per heavy atom. The molecule has 0 saturated carbocycles. The quantitative estimate of drug-likeness (QED) is 0.219. The molecule has 7 nitrogen and oxygen atoms in total. The Balaban J connectivity index is 1.82. The Labute approximate surface area is 263 Å². The Kier molecular flexibility index (Phi) is 10.4. The lowest BCUT2D eigenvalue weighted by atomic mass is 10.0. The van der Waals surface area contributed by atoms with Crippen LogP contribution in [0.25, 0.3) is 0 Å². The van der Waals surface area contributed by atoms with Gasteiger partial charge in [0.1, 0.15) is 24.2 Å². The lowest BCUT2D eigenvalue weighted by Crippen LogP contribution is -2.56. The molecule has 0 spiro atoms. The predicted molar refractivity (Wildman–Crippen MR) is 171 cm³/mol. The largest absolute Gasteiger partial charge is 0.350 e. The molecule has 0 fully saturated rings. The highest BCUT2D eigenvalue weighted by molar-refractivity contribution is 7.92. The van der Waals surface area contributed by atoms with Crippen LogP contribution >= 0.6 is 0 Å². The van der Waals surface area contributed by atoms with Crippen LogP contribution in [0.1, 0.15) is 37.5 Å². The molecule has 10 heteroatoms. The second-order valence-electron chi connectivity index (χ2n) is 11.9. The van der Waals surface area contributed by atoms with Crippen molar-refractivity contribution in [3.63, 3.8) is 0 Å². The first-order valence-electron chi connectivity index (χ1n) is 14.5. The van der Waals surface area contributed by atoms with E-state index in [0.29, 0.717) is 5.56 Å². The number of sulfonamides is 1. The van der Waals surface area contributed by atoms with Gasteiger partial charge in [0.2, 0.25) is 11.8 Å². The van der Waals surface area contributed by atoms with E-state index in [9.17, 15) is 22.4 Å². The highest BCUT2D eigenvalue weighted by Crippen LogP contribution is 2.27. The summed E-state index contributed by atoms with van der Waals surface area (Å²) >= 11 is 0. The Hall–Kier alpha value is -4.57. The van der Waals surface area contributed by atoms with Gasteiger partial charge < -0.3 is 10.2 Å². The van der Waals surface area contributed by atoms with Gasteiger partial charge >= 0.3 is 0 Å². The van der Waals surface area contributed by atoms with Crippen molar-refractivity contribution in [2.45, 2.75) is 57.1 Å². The third-order valence-corrected chi connectivity index (χ3v) is 8.82. The van der Waals surface area contributed by atoms with Gasteiger partial charge in [-0.3, -0.25) is 13.9 Å². The Bertz CT molecular complexity index is 1720. The Morgan fingerprint density at radius 2 is 1.40 bits per heavy atom. The SMILES string of the molecule is Cc1ccc(S(=O)(=O)N(CC(=O)N(Cc2ccc(F)cc2)[C@@H](Cc2ccccc2)C(=O)NC(C)(C)C)c2ccccc2F)cc1. The molecule has 236 valence electrons. The average Bonchev–Trinajstić information content (AvgIpc) is 2.99. The summed E-state index contributed by atoms with van der Waals surface area (Å²) in [5, 5.41) is 2.94. The van der Waals surface area contributed by atoms with Gasteiger partial charge in [-0.05, 0) is 75.2 Å². The maximum Gasteiger partial charge on any atom is 0.264 e. The fraction of sp³-hybridized carbons (Fsp3) is 0.257. The molecule has 4 aromatic rings. The molecule has 1 N–H and O–H groups in total. The summed E-state index contributed by atoms with van der Waals surface area (Å²) in [6.45, 7) is 6.30. The number of nitrogens with one attached hydrogen (secondary N) is 1. The molecule has 0 aliphatic rings. The van der Waals surface area contributed by atoms with Crippen molar-refractivity contribution in [1.82, 2.24) is 10.2 Å². The number of nitrogens with zero attached hydrogens (tertiary/aromatic N) is 2. The number of carbonyl (C=O) groups is 2. The fourth-order valence-corrected chi connectivity index (χ4v) is 6.22. The van der Waals surface area contributed by atoms with Gasteiger partial charge in [0, 0.05) is 18.5 Å². The van der Waals surface area contributed by atoms with Gasteiger partial charge in [0.15, 0.2) is 0 Å². The number of halogens is 2. The molecule has 0 saturated heterocycles. The van der Waals surface area contributed by atoms with Crippen molar-refractivity contribution in [3.8, 4) is 0 Å². The minimum atomic E-state index is -4.44. The van der Waals surface area contributed by atoms with Crippen LogP contribution in [0.3, 0.4) is 0 Å². The summed E-state index contributed by atoms with van der Waals surface area (Å²) in [7, 11) is -4.44. The van der Waals surface area contributed by atoms with Crippen LogP contribution in [0.2, 0.25) is 0 Å². The van der Waals surface area contributed by atoms with Crippen molar-refractivity contribution >= 4 is 27.5 Å². The molecule has 4 aromatic carbocycles. The van der Waals surface area contributed by atoms with E-state index < -0.39 is 51.6 Å². The number of hydrogen-bond acceptors (Lipinski definition) is 4.